The SMILES string of the molecule is COc1ccc(-c2ncco2)cc1-c1c(N)c(C(=O)O)nn1C. The summed E-state index contributed by atoms with van der Waals surface area (Å²) in [6, 6.07) is 5.30. The van der Waals surface area contributed by atoms with E-state index in [1.807, 2.05) is 0 Å². The smallest absolute Gasteiger partial charge is 0.358 e. The Bertz CT molecular complexity index is 868. The Morgan fingerprint density at radius 2 is 2.22 bits per heavy atom. The van der Waals surface area contributed by atoms with E-state index in [4.69, 9.17) is 20.0 Å². The standard InChI is InChI=1S/C15H14N4O4/c1-19-13(11(16)12(18-19)15(20)21)9-7-8(3-4-10(9)22-2)14-17-5-6-23-14/h3-7H,16H2,1-2H3,(H,20,21). The number of nitrogens with zero attached hydrogens (tertiary/aromatic N) is 3. The van der Waals surface area contributed by atoms with Gasteiger partial charge in [0, 0.05) is 18.2 Å². The van der Waals surface area contributed by atoms with Gasteiger partial charge in [-0.05, 0) is 18.2 Å². The van der Waals surface area contributed by atoms with Crippen molar-refractivity contribution in [1.82, 2.24) is 14.8 Å². The molecular weight excluding hydrogens is 300 g/mol. The number of benzene rings is 1. The molecule has 0 aliphatic rings. The van der Waals surface area contributed by atoms with E-state index in [0.717, 1.165) is 0 Å². The summed E-state index contributed by atoms with van der Waals surface area (Å²) in [5, 5.41) is 13.1. The lowest BCUT2D eigenvalue weighted by molar-refractivity contribution is 0.0690. The molecule has 8 nitrogen and oxygen atoms in total. The van der Waals surface area contributed by atoms with Crippen molar-refractivity contribution in [3.8, 4) is 28.5 Å². The van der Waals surface area contributed by atoms with Crippen molar-refractivity contribution < 1.29 is 19.1 Å². The quantitative estimate of drug-likeness (QED) is 0.756. The van der Waals surface area contributed by atoms with E-state index in [1.54, 1.807) is 31.4 Å². The van der Waals surface area contributed by atoms with Crippen molar-refractivity contribution in [3.63, 3.8) is 0 Å². The van der Waals surface area contributed by atoms with Crippen LogP contribution in [0.5, 0.6) is 5.75 Å². The van der Waals surface area contributed by atoms with Gasteiger partial charge in [-0.15, -0.1) is 0 Å². The van der Waals surface area contributed by atoms with Crippen LogP contribution >= 0.6 is 0 Å². The third-order valence-corrected chi connectivity index (χ3v) is 3.42. The summed E-state index contributed by atoms with van der Waals surface area (Å²) in [5.74, 6) is -0.216. The first-order valence-corrected chi connectivity index (χ1v) is 6.67. The lowest BCUT2D eigenvalue weighted by Gasteiger charge is -2.11. The summed E-state index contributed by atoms with van der Waals surface area (Å²) in [6.07, 6.45) is 3.01. The fourth-order valence-corrected chi connectivity index (χ4v) is 2.41. The van der Waals surface area contributed by atoms with Crippen LogP contribution in [0.1, 0.15) is 10.5 Å². The number of carboxylic acid groups (broad SMARTS) is 1. The minimum Gasteiger partial charge on any atom is -0.496 e. The second-order valence-electron chi connectivity index (χ2n) is 4.79. The number of nitrogens with two attached hydrogens (primary N) is 1. The molecule has 3 aromatic rings. The molecule has 0 saturated carbocycles. The molecular formula is C15H14N4O4. The predicted octanol–water partition coefficient (Wildman–Crippen LogP) is 2.03. The van der Waals surface area contributed by atoms with Crippen LogP contribution in [-0.4, -0.2) is 33.0 Å². The molecule has 2 aromatic heterocycles. The average molecular weight is 314 g/mol. The molecule has 0 saturated heterocycles. The molecule has 8 heteroatoms. The van der Waals surface area contributed by atoms with Crippen molar-refractivity contribution in [2.75, 3.05) is 12.8 Å². The van der Waals surface area contributed by atoms with Gasteiger partial charge in [0.15, 0.2) is 5.69 Å². The summed E-state index contributed by atoms with van der Waals surface area (Å²) >= 11 is 0. The molecule has 0 fully saturated rings. The number of aromatic carboxylic acids is 1. The molecule has 3 N–H and O–H groups in total. The molecule has 0 bridgehead atoms. The monoisotopic (exact) mass is 314 g/mol. The topological polar surface area (TPSA) is 116 Å². The van der Waals surface area contributed by atoms with Crippen molar-refractivity contribution in [1.29, 1.82) is 0 Å². The molecule has 0 atom stereocenters. The second kappa shape index (κ2) is 5.48. The van der Waals surface area contributed by atoms with Gasteiger partial charge >= 0.3 is 5.97 Å². The molecule has 0 unspecified atom stereocenters. The highest BCUT2D eigenvalue weighted by Crippen LogP contribution is 2.37. The summed E-state index contributed by atoms with van der Waals surface area (Å²) in [4.78, 5) is 15.3. The molecule has 118 valence electrons. The average Bonchev–Trinajstić information content (AvgIpc) is 3.15. The number of rotatable bonds is 4. The maximum Gasteiger partial charge on any atom is 0.358 e. The maximum atomic E-state index is 11.2. The Labute approximate surface area is 131 Å². The number of oxazole rings is 1. The number of methoxy groups -OCH3 is 1. The van der Waals surface area contributed by atoms with Gasteiger partial charge in [-0.25, -0.2) is 9.78 Å². The first kappa shape index (κ1) is 14.6. The molecule has 0 amide bonds. The van der Waals surface area contributed by atoms with Crippen LogP contribution < -0.4 is 10.5 Å². The van der Waals surface area contributed by atoms with E-state index in [-0.39, 0.29) is 11.4 Å². The van der Waals surface area contributed by atoms with Crippen LogP contribution in [0.15, 0.2) is 35.1 Å². The van der Waals surface area contributed by atoms with Crippen LogP contribution in [0.4, 0.5) is 5.69 Å². The van der Waals surface area contributed by atoms with Crippen molar-refractivity contribution in [2.45, 2.75) is 0 Å². The van der Waals surface area contributed by atoms with Gasteiger partial charge < -0.3 is 20.0 Å². The third-order valence-electron chi connectivity index (χ3n) is 3.42. The Balaban J connectivity index is 2.23. The fourth-order valence-electron chi connectivity index (χ4n) is 2.41. The summed E-state index contributed by atoms with van der Waals surface area (Å²) in [6.45, 7) is 0. The first-order valence-electron chi connectivity index (χ1n) is 6.67. The largest absolute Gasteiger partial charge is 0.496 e. The van der Waals surface area contributed by atoms with Crippen LogP contribution in [0.2, 0.25) is 0 Å². The molecule has 3 rings (SSSR count). The highest BCUT2D eigenvalue weighted by atomic mass is 16.5. The van der Waals surface area contributed by atoms with Gasteiger partial charge in [-0.3, -0.25) is 4.68 Å². The van der Waals surface area contributed by atoms with E-state index < -0.39 is 5.97 Å². The number of hydrogen-bond acceptors (Lipinski definition) is 6. The first-order chi connectivity index (χ1) is 11.0. The lowest BCUT2D eigenvalue weighted by Crippen LogP contribution is -2.01. The predicted molar refractivity (Wildman–Crippen MR) is 82.1 cm³/mol. The van der Waals surface area contributed by atoms with E-state index in [2.05, 4.69) is 10.1 Å². The zero-order valence-electron chi connectivity index (χ0n) is 12.5. The number of aryl methyl sites for hydroxylation is 1. The molecule has 0 aliphatic heterocycles. The van der Waals surface area contributed by atoms with Gasteiger partial charge in [0.05, 0.1) is 24.7 Å². The number of nitrogen functional groups attached to an aromatic ring is 1. The van der Waals surface area contributed by atoms with E-state index >= 15 is 0 Å². The number of carbonyl (C=O) groups is 1. The van der Waals surface area contributed by atoms with Crippen LogP contribution in [-0.2, 0) is 7.05 Å². The minimum atomic E-state index is -1.19. The summed E-state index contributed by atoms with van der Waals surface area (Å²) in [5.41, 5.74) is 7.60. The molecule has 0 radical (unpaired) electrons. The maximum absolute atomic E-state index is 11.2. The Morgan fingerprint density at radius 1 is 1.43 bits per heavy atom. The lowest BCUT2D eigenvalue weighted by atomic mass is 10.0. The Kier molecular flexibility index (Phi) is 3.49. The van der Waals surface area contributed by atoms with Gasteiger partial charge in [-0.1, -0.05) is 0 Å². The third kappa shape index (κ3) is 2.39. The Morgan fingerprint density at radius 3 is 2.78 bits per heavy atom. The molecule has 1 aromatic carbocycles. The minimum absolute atomic E-state index is 0.0721. The van der Waals surface area contributed by atoms with Crippen molar-refractivity contribution >= 4 is 11.7 Å². The van der Waals surface area contributed by atoms with Gasteiger partial charge in [-0.2, -0.15) is 5.10 Å². The zero-order valence-corrected chi connectivity index (χ0v) is 12.5. The van der Waals surface area contributed by atoms with Gasteiger partial charge in [0.1, 0.15) is 12.0 Å². The van der Waals surface area contributed by atoms with Crippen LogP contribution in [0, 0.1) is 0 Å². The summed E-state index contributed by atoms with van der Waals surface area (Å²) in [7, 11) is 3.14. The highest BCUT2D eigenvalue weighted by molar-refractivity contribution is 5.96. The molecule has 23 heavy (non-hydrogen) atoms. The molecule has 2 heterocycles. The summed E-state index contributed by atoms with van der Waals surface area (Å²) < 4.78 is 12.1. The molecule has 0 aliphatic carbocycles. The Hall–Kier alpha value is -3.29. The number of ether oxygens (including phenoxy) is 1. The number of anilines is 1. The second-order valence-corrected chi connectivity index (χ2v) is 4.79. The van der Waals surface area contributed by atoms with E-state index in [1.165, 1.54) is 18.1 Å². The molecule has 0 spiro atoms. The highest BCUT2D eigenvalue weighted by Gasteiger charge is 2.23. The van der Waals surface area contributed by atoms with Crippen molar-refractivity contribution in [2.24, 2.45) is 7.05 Å². The van der Waals surface area contributed by atoms with E-state index in [9.17, 15) is 4.79 Å². The number of aromatic nitrogens is 3. The fraction of sp³-hybridized carbons (Fsp3) is 0.133. The normalized spacial score (nSPS) is 10.7. The number of carboxylic acids is 1. The van der Waals surface area contributed by atoms with Gasteiger partial charge in [0.2, 0.25) is 5.89 Å². The zero-order chi connectivity index (χ0) is 16.6. The van der Waals surface area contributed by atoms with Gasteiger partial charge in [0.25, 0.3) is 0 Å². The number of hydrogen-bond donors (Lipinski definition) is 2. The van der Waals surface area contributed by atoms with Crippen LogP contribution in [0.3, 0.4) is 0 Å². The van der Waals surface area contributed by atoms with E-state index in [0.29, 0.717) is 28.5 Å². The van der Waals surface area contributed by atoms with Crippen molar-refractivity contribution in [3.05, 3.63) is 36.4 Å². The van der Waals surface area contributed by atoms with Crippen LogP contribution in [0.25, 0.3) is 22.7 Å².